The summed E-state index contributed by atoms with van der Waals surface area (Å²) in [6.07, 6.45) is 1.98. The second kappa shape index (κ2) is 7.14. The molecule has 0 spiro atoms. The van der Waals surface area contributed by atoms with E-state index in [2.05, 4.69) is 15.5 Å². The normalized spacial score (nSPS) is 10.3. The highest BCUT2D eigenvalue weighted by Crippen LogP contribution is 2.12. The van der Waals surface area contributed by atoms with Crippen molar-refractivity contribution in [3.63, 3.8) is 0 Å². The van der Waals surface area contributed by atoms with Crippen LogP contribution in [0.5, 0.6) is 0 Å². The molecule has 84 valence electrons. The van der Waals surface area contributed by atoms with Gasteiger partial charge in [-0.05, 0) is 18.4 Å². The molecule has 0 saturated carbocycles. The minimum atomic E-state index is 0.939. The van der Waals surface area contributed by atoms with Crippen LogP contribution in [0.15, 0.2) is 0 Å². The maximum atomic E-state index is 5.06. The lowest BCUT2D eigenvalue weighted by molar-refractivity contribution is 0.970. The van der Waals surface area contributed by atoms with Gasteiger partial charge in [-0.25, -0.2) is 0 Å². The molecule has 0 bridgehead atoms. The first kappa shape index (κ1) is 12.9. The summed E-state index contributed by atoms with van der Waals surface area (Å²) in [5, 5.41) is 13.2. The summed E-state index contributed by atoms with van der Waals surface area (Å²) in [7, 11) is 1.87. The predicted octanol–water partition coefficient (Wildman–Crippen LogP) is 2.06. The number of hydrogen-bond acceptors (Lipinski definition) is 5. The highest BCUT2D eigenvalue weighted by atomic mass is 32.2. The van der Waals surface area contributed by atoms with E-state index in [-0.39, 0.29) is 0 Å². The third-order valence-electron chi connectivity index (χ3n) is 1.78. The Kier molecular flexibility index (Phi) is 6.12. The van der Waals surface area contributed by atoms with Gasteiger partial charge in [0, 0.05) is 19.9 Å². The molecule has 0 aliphatic carbocycles. The second-order valence-corrected chi connectivity index (χ2v) is 5.98. The fourth-order valence-corrected chi connectivity index (χ4v) is 2.95. The van der Waals surface area contributed by atoms with E-state index >= 15 is 0 Å². The van der Waals surface area contributed by atoms with Crippen molar-refractivity contribution in [2.45, 2.75) is 19.8 Å². The lowest BCUT2D eigenvalue weighted by Gasteiger charge is -2.01. The third kappa shape index (κ3) is 5.44. The molecule has 1 aromatic heterocycles. The molecule has 0 aliphatic heterocycles. The van der Waals surface area contributed by atoms with E-state index in [1.165, 1.54) is 0 Å². The van der Waals surface area contributed by atoms with Crippen LogP contribution < -0.4 is 5.32 Å². The van der Waals surface area contributed by atoms with Gasteiger partial charge in [0.05, 0.1) is 4.99 Å². The second-order valence-electron chi connectivity index (χ2n) is 3.00. The number of aromatic nitrogens is 2. The molecule has 0 atom stereocenters. The van der Waals surface area contributed by atoms with E-state index in [1.807, 2.05) is 25.7 Å². The summed E-state index contributed by atoms with van der Waals surface area (Å²) in [5.74, 6) is 2.18. The molecule has 0 amide bonds. The smallest absolute Gasteiger partial charge is 0.118 e. The highest BCUT2D eigenvalue weighted by Gasteiger charge is 2.00. The third-order valence-corrected chi connectivity index (χ3v) is 4.07. The lowest BCUT2D eigenvalue weighted by Crippen LogP contribution is -2.15. The van der Waals surface area contributed by atoms with E-state index in [0.717, 1.165) is 39.4 Å². The Morgan fingerprint density at radius 1 is 1.47 bits per heavy atom. The van der Waals surface area contributed by atoms with Crippen LogP contribution >= 0.6 is 35.3 Å². The van der Waals surface area contributed by atoms with Gasteiger partial charge in [-0.3, -0.25) is 0 Å². The van der Waals surface area contributed by atoms with Crippen LogP contribution in [0.25, 0.3) is 0 Å². The molecule has 0 unspecified atom stereocenters. The molecule has 0 fully saturated rings. The van der Waals surface area contributed by atoms with Gasteiger partial charge >= 0.3 is 0 Å². The van der Waals surface area contributed by atoms with Crippen molar-refractivity contribution in [3.8, 4) is 0 Å². The fourth-order valence-electron chi connectivity index (χ4n) is 0.990. The Morgan fingerprint density at radius 3 is 2.87 bits per heavy atom. The summed E-state index contributed by atoms with van der Waals surface area (Å²) < 4.78 is 0. The Morgan fingerprint density at radius 2 is 2.27 bits per heavy atom. The summed E-state index contributed by atoms with van der Waals surface area (Å²) in [6.45, 7) is 1.99. The molecular formula is C9H15N3S3. The van der Waals surface area contributed by atoms with Crippen molar-refractivity contribution in [3.05, 3.63) is 10.0 Å². The molecule has 1 heterocycles. The number of nitrogens with one attached hydrogen (secondary N) is 1. The molecule has 1 rings (SSSR count). The maximum absolute atomic E-state index is 5.06. The number of rotatable bonds is 6. The van der Waals surface area contributed by atoms with Crippen molar-refractivity contribution in [2.75, 3.05) is 18.6 Å². The number of nitrogens with zero attached hydrogens (tertiary/aromatic N) is 2. The van der Waals surface area contributed by atoms with Gasteiger partial charge in [0.1, 0.15) is 10.0 Å². The zero-order chi connectivity index (χ0) is 11.1. The molecule has 0 radical (unpaired) electrons. The molecule has 0 aromatic carbocycles. The average Bonchev–Trinajstić information content (AvgIpc) is 2.63. The summed E-state index contributed by atoms with van der Waals surface area (Å²) in [4.78, 5) is 0.939. The quantitative estimate of drug-likeness (QED) is 0.627. The maximum Gasteiger partial charge on any atom is 0.118 e. The Labute approximate surface area is 104 Å². The van der Waals surface area contributed by atoms with Gasteiger partial charge in [-0.1, -0.05) is 12.2 Å². The number of thioether (sulfide) groups is 1. The van der Waals surface area contributed by atoms with E-state index in [9.17, 15) is 0 Å². The van der Waals surface area contributed by atoms with E-state index in [0.29, 0.717) is 0 Å². The van der Waals surface area contributed by atoms with E-state index in [1.54, 1.807) is 11.3 Å². The van der Waals surface area contributed by atoms with Crippen molar-refractivity contribution < 1.29 is 0 Å². The molecule has 0 aliphatic rings. The van der Waals surface area contributed by atoms with Gasteiger partial charge in [0.15, 0.2) is 0 Å². The molecule has 0 saturated heterocycles. The number of thiocarbonyl (C=S) groups is 1. The van der Waals surface area contributed by atoms with Crippen molar-refractivity contribution >= 4 is 40.3 Å². The zero-order valence-electron chi connectivity index (χ0n) is 8.95. The van der Waals surface area contributed by atoms with Crippen LogP contribution in [-0.4, -0.2) is 33.7 Å². The Bertz CT molecular complexity index is 311. The lowest BCUT2D eigenvalue weighted by atomic mass is 10.5. The van der Waals surface area contributed by atoms with Crippen LogP contribution in [0.4, 0.5) is 0 Å². The molecule has 3 nitrogen and oxygen atoms in total. The average molecular weight is 261 g/mol. The van der Waals surface area contributed by atoms with Crippen LogP contribution in [0, 0.1) is 6.92 Å². The topological polar surface area (TPSA) is 37.8 Å². The largest absolute Gasteiger partial charge is 0.383 e. The number of hydrogen-bond donors (Lipinski definition) is 1. The monoisotopic (exact) mass is 261 g/mol. The molecule has 1 aromatic rings. The predicted molar refractivity (Wildman–Crippen MR) is 71.9 cm³/mol. The highest BCUT2D eigenvalue weighted by molar-refractivity contribution is 7.99. The van der Waals surface area contributed by atoms with Crippen molar-refractivity contribution in [1.29, 1.82) is 0 Å². The van der Waals surface area contributed by atoms with Crippen LogP contribution in [0.1, 0.15) is 16.4 Å². The number of aryl methyl sites for hydroxylation is 2. The van der Waals surface area contributed by atoms with Gasteiger partial charge in [0.2, 0.25) is 0 Å². The van der Waals surface area contributed by atoms with E-state index < -0.39 is 0 Å². The van der Waals surface area contributed by atoms with Gasteiger partial charge < -0.3 is 5.32 Å². The molecule has 1 N–H and O–H groups in total. The summed E-state index contributed by atoms with van der Waals surface area (Å²) in [6, 6.07) is 0. The summed E-state index contributed by atoms with van der Waals surface area (Å²) >= 11 is 8.65. The SMILES string of the molecule is CNC(=S)CCSCCc1nnc(C)s1. The zero-order valence-corrected chi connectivity index (χ0v) is 11.4. The molecule has 15 heavy (non-hydrogen) atoms. The van der Waals surface area contributed by atoms with Gasteiger partial charge in [0.25, 0.3) is 0 Å². The van der Waals surface area contributed by atoms with Crippen molar-refractivity contribution in [2.24, 2.45) is 0 Å². The first-order chi connectivity index (χ1) is 7.22. The summed E-state index contributed by atoms with van der Waals surface area (Å²) in [5.41, 5.74) is 0. The molecule has 6 heteroatoms. The minimum Gasteiger partial charge on any atom is -0.383 e. The Balaban J connectivity index is 2.05. The first-order valence-corrected chi connectivity index (χ1v) is 7.17. The standard InChI is InChI=1S/C9H15N3S3/c1-7-11-12-9(15-7)4-6-14-5-3-8(13)10-2/h3-6H2,1-2H3,(H,10,13). The van der Waals surface area contributed by atoms with Crippen LogP contribution in [-0.2, 0) is 6.42 Å². The first-order valence-electron chi connectivity index (χ1n) is 4.79. The van der Waals surface area contributed by atoms with Crippen LogP contribution in [0.3, 0.4) is 0 Å². The Hall–Kier alpha value is -0.200. The van der Waals surface area contributed by atoms with Crippen molar-refractivity contribution in [1.82, 2.24) is 15.5 Å². The minimum absolute atomic E-state index is 0.939. The van der Waals surface area contributed by atoms with Gasteiger partial charge in [-0.2, -0.15) is 11.8 Å². The van der Waals surface area contributed by atoms with Crippen LogP contribution in [0.2, 0.25) is 0 Å². The fraction of sp³-hybridized carbons (Fsp3) is 0.667. The van der Waals surface area contributed by atoms with E-state index in [4.69, 9.17) is 12.2 Å². The van der Waals surface area contributed by atoms with Gasteiger partial charge in [-0.15, -0.1) is 21.5 Å². The molecular weight excluding hydrogens is 246 g/mol.